The maximum absolute atomic E-state index is 12.0. The van der Waals surface area contributed by atoms with Crippen molar-refractivity contribution < 1.29 is 14.6 Å². The number of aliphatic hydroxyl groups is 1. The van der Waals surface area contributed by atoms with Crippen LogP contribution in [-0.2, 0) is 11.3 Å². The van der Waals surface area contributed by atoms with E-state index in [9.17, 15) is 9.90 Å². The lowest BCUT2D eigenvalue weighted by molar-refractivity contribution is 0.0220. The van der Waals surface area contributed by atoms with Gasteiger partial charge in [-0.05, 0) is 44.2 Å². The van der Waals surface area contributed by atoms with E-state index < -0.39 is 11.7 Å². The average Bonchev–Trinajstić information content (AvgIpc) is 2.63. The third-order valence-corrected chi connectivity index (χ3v) is 3.83. The van der Waals surface area contributed by atoms with Crippen molar-refractivity contribution in [3.8, 4) is 0 Å². The fourth-order valence-corrected chi connectivity index (χ4v) is 2.88. The van der Waals surface area contributed by atoms with Crippen LogP contribution in [0.2, 0.25) is 0 Å². The first-order valence-electron chi connectivity index (χ1n) is 6.09. The SMILES string of the molecule is CC(C)(C)OC(=O)N1CCC(O)c2sccc2C1. The minimum absolute atomic E-state index is 0.311. The van der Waals surface area contributed by atoms with Crippen molar-refractivity contribution >= 4 is 17.4 Å². The normalized spacial score (nSPS) is 20.2. The molecule has 100 valence electrons. The van der Waals surface area contributed by atoms with E-state index in [1.807, 2.05) is 32.2 Å². The molecule has 1 N–H and O–H groups in total. The Morgan fingerprint density at radius 1 is 1.56 bits per heavy atom. The lowest BCUT2D eigenvalue weighted by atomic mass is 10.2. The monoisotopic (exact) mass is 269 g/mol. The summed E-state index contributed by atoms with van der Waals surface area (Å²) in [4.78, 5) is 14.7. The van der Waals surface area contributed by atoms with Crippen molar-refractivity contribution in [1.82, 2.24) is 4.90 Å². The summed E-state index contributed by atoms with van der Waals surface area (Å²) in [7, 11) is 0. The molecule has 5 heteroatoms. The van der Waals surface area contributed by atoms with E-state index in [4.69, 9.17) is 4.74 Å². The van der Waals surface area contributed by atoms with Gasteiger partial charge in [0.1, 0.15) is 5.60 Å². The number of carbonyl (C=O) groups excluding carboxylic acids is 1. The number of hydrogen-bond acceptors (Lipinski definition) is 4. The molecule has 4 nitrogen and oxygen atoms in total. The van der Waals surface area contributed by atoms with Crippen molar-refractivity contribution in [3.05, 3.63) is 21.9 Å². The Balaban J connectivity index is 2.11. The summed E-state index contributed by atoms with van der Waals surface area (Å²) < 4.78 is 5.37. The Hall–Kier alpha value is -1.07. The lowest BCUT2D eigenvalue weighted by Gasteiger charge is -2.26. The smallest absolute Gasteiger partial charge is 0.410 e. The van der Waals surface area contributed by atoms with Crippen LogP contribution >= 0.6 is 11.3 Å². The summed E-state index contributed by atoms with van der Waals surface area (Å²) in [5, 5.41) is 11.9. The Bertz CT molecular complexity index is 436. The van der Waals surface area contributed by atoms with Crippen molar-refractivity contribution in [3.63, 3.8) is 0 Å². The van der Waals surface area contributed by atoms with Crippen LogP contribution in [0.1, 0.15) is 43.7 Å². The number of nitrogens with zero attached hydrogens (tertiary/aromatic N) is 1. The molecule has 1 aliphatic heterocycles. The van der Waals surface area contributed by atoms with Crippen LogP contribution in [0, 0.1) is 0 Å². The maximum Gasteiger partial charge on any atom is 0.410 e. The van der Waals surface area contributed by atoms with E-state index in [1.54, 1.807) is 16.2 Å². The number of carbonyl (C=O) groups is 1. The van der Waals surface area contributed by atoms with E-state index >= 15 is 0 Å². The zero-order valence-corrected chi connectivity index (χ0v) is 11.8. The molecule has 0 saturated heterocycles. The summed E-state index contributed by atoms with van der Waals surface area (Å²) in [6.07, 6.45) is -0.214. The quantitative estimate of drug-likeness (QED) is 0.788. The highest BCUT2D eigenvalue weighted by Crippen LogP contribution is 2.31. The molecule has 0 aromatic carbocycles. The van der Waals surface area contributed by atoms with Crippen LogP contribution in [0.4, 0.5) is 4.79 Å². The van der Waals surface area contributed by atoms with Crippen molar-refractivity contribution in [2.75, 3.05) is 6.54 Å². The molecule has 1 unspecified atom stereocenters. The average molecular weight is 269 g/mol. The minimum Gasteiger partial charge on any atom is -0.444 e. The van der Waals surface area contributed by atoms with Gasteiger partial charge in [0.25, 0.3) is 0 Å². The fraction of sp³-hybridized carbons (Fsp3) is 0.615. The van der Waals surface area contributed by atoms with Gasteiger partial charge in [-0.15, -0.1) is 11.3 Å². The lowest BCUT2D eigenvalue weighted by Crippen LogP contribution is -2.36. The first-order chi connectivity index (χ1) is 8.37. The Morgan fingerprint density at radius 3 is 2.94 bits per heavy atom. The van der Waals surface area contributed by atoms with Gasteiger partial charge in [-0.3, -0.25) is 0 Å². The molecule has 2 heterocycles. The second-order valence-electron chi connectivity index (χ2n) is 5.52. The minimum atomic E-state index is -0.487. The van der Waals surface area contributed by atoms with Gasteiger partial charge in [-0.25, -0.2) is 4.79 Å². The van der Waals surface area contributed by atoms with E-state index in [0.29, 0.717) is 19.5 Å². The fourth-order valence-electron chi connectivity index (χ4n) is 1.95. The van der Waals surface area contributed by atoms with Gasteiger partial charge >= 0.3 is 6.09 Å². The molecule has 0 radical (unpaired) electrons. The second-order valence-corrected chi connectivity index (χ2v) is 6.46. The first kappa shape index (κ1) is 13.4. The molecular formula is C13H19NO3S. The van der Waals surface area contributed by atoms with Crippen molar-refractivity contribution in [1.29, 1.82) is 0 Å². The largest absolute Gasteiger partial charge is 0.444 e. The molecule has 1 aliphatic rings. The molecule has 0 fully saturated rings. The zero-order valence-electron chi connectivity index (χ0n) is 11.0. The first-order valence-corrected chi connectivity index (χ1v) is 6.97. The van der Waals surface area contributed by atoms with Gasteiger partial charge in [-0.2, -0.15) is 0 Å². The molecule has 0 spiro atoms. The van der Waals surface area contributed by atoms with Crippen LogP contribution in [0.5, 0.6) is 0 Å². The molecule has 18 heavy (non-hydrogen) atoms. The topological polar surface area (TPSA) is 49.8 Å². The van der Waals surface area contributed by atoms with Gasteiger partial charge in [0.2, 0.25) is 0 Å². The molecule has 2 rings (SSSR count). The summed E-state index contributed by atoms with van der Waals surface area (Å²) in [6, 6.07) is 1.96. The molecule has 0 aliphatic carbocycles. The molecular weight excluding hydrogens is 250 g/mol. The highest BCUT2D eigenvalue weighted by atomic mass is 32.1. The molecule has 1 amide bonds. The van der Waals surface area contributed by atoms with Gasteiger partial charge in [0.15, 0.2) is 0 Å². The Morgan fingerprint density at radius 2 is 2.28 bits per heavy atom. The molecule has 0 saturated carbocycles. The summed E-state index contributed by atoms with van der Waals surface area (Å²) in [5.74, 6) is 0. The van der Waals surface area contributed by atoms with Gasteiger partial charge < -0.3 is 14.7 Å². The molecule has 0 bridgehead atoms. The third kappa shape index (κ3) is 3.03. The van der Waals surface area contributed by atoms with E-state index in [-0.39, 0.29) is 6.09 Å². The summed E-state index contributed by atoms with van der Waals surface area (Å²) in [5.41, 5.74) is 0.537. The van der Waals surface area contributed by atoms with E-state index in [2.05, 4.69) is 0 Å². The van der Waals surface area contributed by atoms with Crippen LogP contribution in [-0.4, -0.2) is 28.2 Å². The summed E-state index contributed by atoms with van der Waals surface area (Å²) in [6.45, 7) is 6.61. The van der Waals surface area contributed by atoms with Gasteiger partial charge in [0.05, 0.1) is 12.6 Å². The predicted molar refractivity (Wildman–Crippen MR) is 70.5 cm³/mol. The van der Waals surface area contributed by atoms with Crippen molar-refractivity contribution in [2.45, 2.75) is 45.4 Å². The van der Waals surface area contributed by atoms with Crippen LogP contribution in [0.3, 0.4) is 0 Å². The molecule has 1 aromatic rings. The Kier molecular flexibility index (Phi) is 3.64. The van der Waals surface area contributed by atoms with Crippen LogP contribution in [0.25, 0.3) is 0 Å². The van der Waals surface area contributed by atoms with Crippen LogP contribution < -0.4 is 0 Å². The predicted octanol–water partition coefficient (Wildman–Crippen LogP) is 2.92. The maximum atomic E-state index is 12.0. The highest BCUT2D eigenvalue weighted by molar-refractivity contribution is 7.10. The van der Waals surface area contributed by atoms with E-state index in [1.165, 1.54) is 0 Å². The van der Waals surface area contributed by atoms with Crippen molar-refractivity contribution in [2.24, 2.45) is 0 Å². The number of ether oxygens (including phenoxy) is 1. The van der Waals surface area contributed by atoms with Crippen LogP contribution in [0.15, 0.2) is 11.4 Å². The second kappa shape index (κ2) is 4.90. The highest BCUT2D eigenvalue weighted by Gasteiger charge is 2.27. The number of hydrogen-bond donors (Lipinski definition) is 1. The molecule has 1 aromatic heterocycles. The number of rotatable bonds is 0. The standard InChI is InChI=1S/C13H19NO3S/c1-13(2,3)17-12(16)14-6-4-10(15)11-9(8-14)5-7-18-11/h5,7,10,15H,4,6,8H2,1-3H3. The number of thiophene rings is 1. The zero-order chi connectivity index (χ0) is 13.3. The third-order valence-electron chi connectivity index (χ3n) is 2.77. The van der Waals surface area contributed by atoms with E-state index in [0.717, 1.165) is 10.4 Å². The Labute approximate surface area is 111 Å². The molecule has 1 atom stereocenters. The number of fused-ring (bicyclic) bond motifs is 1. The summed E-state index contributed by atoms with van der Waals surface area (Å²) >= 11 is 1.54. The van der Waals surface area contributed by atoms with Gasteiger partial charge in [-0.1, -0.05) is 0 Å². The van der Waals surface area contributed by atoms with Gasteiger partial charge in [0, 0.05) is 11.4 Å². The number of aliphatic hydroxyl groups excluding tert-OH is 1. The number of amides is 1.